The molecule has 0 aromatic heterocycles. The Balaban J connectivity index is 3.11. The van der Waals surface area contributed by atoms with Gasteiger partial charge in [0.2, 0.25) is 5.91 Å². The van der Waals surface area contributed by atoms with Crippen LogP contribution in [0, 0.1) is 0 Å². The SMILES string of the molecule is CO[C@H]1O[C@@H](CN=[N+]=[N-])[C@@H](O)[C@H](OS(C)(=O)=O)[C@H]1NC(C)=O. The Labute approximate surface area is 127 Å². The minimum Gasteiger partial charge on any atom is -0.388 e. The molecule has 1 rings (SSSR count). The standard InChI is InChI=1S/C10H18N4O7S/c1-5(15)13-7-9(21-22(3,17)18)8(16)6(4-12-14-11)20-10(7)19-2/h6-10,16H,4H2,1-3H3,(H,13,15)/t6-,7+,8+,9+,10-/m0/s1. The number of aliphatic hydroxyl groups is 1. The Morgan fingerprint density at radius 2 is 2.18 bits per heavy atom. The Morgan fingerprint density at radius 3 is 2.64 bits per heavy atom. The fraction of sp³-hybridized carbons (Fsp3) is 0.900. The molecule has 22 heavy (non-hydrogen) atoms. The van der Waals surface area contributed by atoms with Gasteiger partial charge in [0.15, 0.2) is 6.29 Å². The van der Waals surface area contributed by atoms with Crippen molar-refractivity contribution in [2.45, 2.75) is 37.6 Å². The van der Waals surface area contributed by atoms with Gasteiger partial charge in [0, 0.05) is 18.9 Å². The summed E-state index contributed by atoms with van der Waals surface area (Å²) in [5.74, 6) is -0.488. The molecular weight excluding hydrogens is 320 g/mol. The molecule has 0 bridgehead atoms. The molecule has 2 N–H and O–H groups in total. The zero-order valence-corrected chi connectivity index (χ0v) is 13.1. The van der Waals surface area contributed by atoms with Gasteiger partial charge < -0.3 is 19.9 Å². The molecule has 1 aliphatic rings. The molecule has 11 nitrogen and oxygen atoms in total. The summed E-state index contributed by atoms with van der Waals surface area (Å²) < 4.78 is 38.1. The van der Waals surface area contributed by atoms with E-state index in [4.69, 9.17) is 19.2 Å². The molecule has 0 unspecified atom stereocenters. The number of carbonyl (C=O) groups excluding carboxylic acids is 1. The molecule has 0 saturated carbocycles. The molecule has 1 heterocycles. The predicted octanol–water partition coefficient (Wildman–Crippen LogP) is -1.12. The van der Waals surface area contributed by atoms with Crippen LogP contribution in [-0.4, -0.2) is 70.0 Å². The van der Waals surface area contributed by atoms with Crippen LogP contribution in [0.3, 0.4) is 0 Å². The van der Waals surface area contributed by atoms with Gasteiger partial charge in [-0.15, -0.1) is 0 Å². The van der Waals surface area contributed by atoms with Crippen molar-refractivity contribution in [3.05, 3.63) is 10.4 Å². The van der Waals surface area contributed by atoms with Crippen LogP contribution in [0.15, 0.2) is 5.11 Å². The van der Waals surface area contributed by atoms with Gasteiger partial charge in [0.1, 0.15) is 18.2 Å². The smallest absolute Gasteiger partial charge is 0.264 e. The quantitative estimate of drug-likeness (QED) is 0.268. The van der Waals surface area contributed by atoms with Crippen molar-refractivity contribution < 1.29 is 32.0 Å². The van der Waals surface area contributed by atoms with Gasteiger partial charge >= 0.3 is 0 Å². The lowest BCUT2D eigenvalue weighted by Crippen LogP contribution is -2.65. The van der Waals surface area contributed by atoms with E-state index in [1.54, 1.807) is 0 Å². The van der Waals surface area contributed by atoms with E-state index >= 15 is 0 Å². The maximum Gasteiger partial charge on any atom is 0.264 e. The number of azide groups is 1. The van der Waals surface area contributed by atoms with Gasteiger partial charge in [-0.1, -0.05) is 5.11 Å². The lowest BCUT2D eigenvalue weighted by atomic mass is 9.96. The van der Waals surface area contributed by atoms with Gasteiger partial charge in [0.05, 0.1) is 18.9 Å². The number of hydrogen-bond donors (Lipinski definition) is 2. The summed E-state index contributed by atoms with van der Waals surface area (Å²) in [6, 6.07) is -1.06. The molecule has 1 saturated heterocycles. The fourth-order valence-corrected chi connectivity index (χ4v) is 2.73. The molecule has 1 aliphatic heterocycles. The zero-order chi connectivity index (χ0) is 16.9. The zero-order valence-electron chi connectivity index (χ0n) is 12.2. The van der Waals surface area contributed by atoms with E-state index in [9.17, 15) is 18.3 Å². The number of ether oxygens (including phenoxy) is 2. The van der Waals surface area contributed by atoms with Gasteiger partial charge in [-0.3, -0.25) is 8.98 Å². The highest BCUT2D eigenvalue weighted by atomic mass is 32.2. The number of methoxy groups -OCH3 is 1. The average molecular weight is 338 g/mol. The number of nitrogens with one attached hydrogen (secondary N) is 1. The molecule has 1 fully saturated rings. The lowest BCUT2D eigenvalue weighted by Gasteiger charge is -2.43. The maximum absolute atomic E-state index is 11.4. The first-order chi connectivity index (χ1) is 10.2. The van der Waals surface area contributed by atoms with E-state index in [0.29, 0.717) is 0 Å². The minimum atomic E-state index is -3.93. The van der Waals surface area contributed by atoms with Crippen LogP contribution in [0.25, 0.3) is 10.4 Å². The predicted molar refractivity (Wildman–Crippen MR) is 73.0 cm³/mol. The summed E-state index contributed by atoms with van der Waals surface area (Å²) in [5.41, 5.74) is 8.34. The third-order valence-corrected chi connectivity index (χ3v) is 3.46. The third kappa shape index (κ3) is 5.09. The Morgan fingerprint density at radius 1 is 1.55 bits per heavy atom. The first-order valence-electron chi connectivity index (χ1n) is 6.22. The molecule has 5 atom stereocenters. The van der Waals surface area contributed by atoms with Crippen LogP contribution in [0.1, 0.15) is 6.92 Å². The molecule has 0 aromatic carbocycles. The molecule has 126 valence electrons. The molecular formula is C10H18N4O7S. The van der Waals surface area contributed by atoms with Crippen LogP contribution in [0.5, 0.6) is 0 Å². The number of rotatable bonds is 6. The molecule has 0 spiro atoms. The van der Waals surface area contributed by atoms with Gasteiger partial charge in [-0.2, -0.15) is 8.42 Å². The summed E-state index contributed by atoms with van der Waals surface area (Å²) in [4.78, 5) is 13.8. The van der Waals surface area contributed by atoms with Crippen molar-refractivity contribution in [2.75, 3.05) is 19.9 Å². The van der Waals surface area contributed by atoms with E-state index < -0.39 is 46.7 Å². The molecule has 1 amide bonds. The normalized spacial score (nSPS) is 32.1. The summed E-state index contributed by atoms with van der Waals surface area (Å²) in [6.45, 7) is 0.955. The Kier molecular flexibility index (Phi) is 6.53. The van der Waals surface area contributed by atoms with Crippen molar-refractivity contribution in [2.24, 2.45) is 5.11 Å². The van der Waals surface area contributed by atoms with Crippen LogP contribution in [0.2, 0.25) is 0 Å². The van der Waals surface area contributed by atoms with Crippen molar-refractivity contribution >= 4 is 16.0 Å². The second kappa shape index (κ2) is 7.72. The molecule has 0 radical (unpaired) electrons. The number of amides is 1. The third-order valence-electron chi connectivity index (χ3n) is 2.89. The second-order valence-electron chi connectivity index (χ2n) is 4.67. The van der Waals surface area contributed by atoms with E-state index in [1.807, 2.05) is 0 Å². The van der Waals surface area contributed by atoms with Crippen molar-refractivity contribution in [1.29, 1.82) is 0 Å². The monoisotopic (exact) mass is 338 g/mol. The summed E-state index contributed by atoms with van der Waals surface area (Å²) in [6.07, 6.45) is -4.12. The molecule has 0 aliphatic carbocycles. The summed E-state index contributed by atoms with van der Waals surface area (Å²) in [5, 5.41) is 15.9. The van der Waals surface area contributed by atoms with E-state index in [-0.39, 0.29) is 6.54 Å². The lowest BCUT2D eigenvalue weighted by molar-refractivity contribution is -0.248. The van der Waals surface area contributed by atoms with Gasteiger partial charge in [0.25, 0.3) is 10.1 Å². The van der Waals surface area contributed by atoms with Crippen LogP contribution in [0.4, 0.5) is 0 Å². The highest BCUT2D eigenvalue weighted by molar-refractivity contribution is 7.86. The summed E-state index contributed by atoms with van der Waals surface area (Å²) >= 11 is 0. The van der Waals surface area contributed by atoms with E-state index in [2.05, 4.69) is 15.3 Å². The van der Waals surface area contributed by atoms with Crippen molar-refractivity contribution in [1.82, 2.24) is 5.32 Å². The highest BCUT2D eigenvalue weighted by Crippen LogP contribution is 2.25. The maximum atomic E-state index is 11.4. The number of nitrogens with zero attached hydrogens (tertiary/aromatic N) is 3. The highest BCUT2D eigenvalue weighted by Gasteiger charge is 2.48. The number of hydrogen-bond acceptors (Lipinski definition) is 8. The fourth-order valence-electron chi connectivity index (χ4n) is 2.09. The Bertz CT molecular complexity index is 547. The molecule has 12 heteroatoms. The minimum absolute atomic E-state index is 0.256. The summed E-state index contributed by atoms with van der Waals surface area (Å²) in [7, 11) is -2.65. The van der Waals surface area contributed by atoms with Gasteiger partial charge in [-0.25, -0.2) is 0 Å². The van der Waals surface area contributed by atoms with Crippen molar-refractivity contribution in [3.63, 3.8) is 0 Å². The second-order valence-corrected chi connectivity index (χ2v) is 6.27. The first-order valence-corrected chi connectivity index (χ1v) is 8.03. The number of carbonyl (C=O) groups is 1. The van der Waals surface area contributed by atoms with Gasteiger partial charge in [-0.05, 0) is 5.53 Å². The van der Waals surface area contributed by atoms with Crippen molar-refractivity contribution in [3.8, 4) is 0 Å². The van der Waals surface area contributed by atoms with Crippen LogP contribution < -0.4 is 5.32 Å². The molecule has 0 aromatic rings. The number of aliphatic hydroxyl groups excluding tert-OH is 1. The van der Waals surface area contributed by atoms with E-state index in [1.165, 1.54) is 14.0 Å². The Hall–Kier alpha value is -1.43. The van der Waals surface area contributed by atoms with E-state index in [0.717, 1.165) is 6.26 Å². The van der Waals surface area contributed by atoms with Crippen LogP contribution >= 0.6 is 0 Å². The largest absolute Gasteiger partial charge is 0.388 e. The first kappa shape index (κ1) is 18.6. The topological polar surface area (TPSA) is 160 Å². The van der Waals surface area contributed by atoms with Crippen LogP contribution in [-0.2, 0) is 28.6 Å². The average Bonchev–Trinajstić information content (AvgIpc) is 2.40.